The third-order valence-corrected chi connectivity index (χ3v) is 9.23. The van der Waals surface area contributed by atoms with Crippen molar-refractivity contribution in [2.45, 2.75) is 27.9 Å². The van der Waals surface area contributed by atoms with Crippen LogP contribution in [0.1, 0.15) is 24.5 Å². The van der Waals surface area contributed by atoms with E-state index in [0.717, 1.165) is 22.4 Å². The Balaban J connectivity index is 1.16. The van der Waals surface area contributed by atoms with Gasteiger partial charge in [-0.1, -0.05) is 6.07 Å². The van der Waals surface area contributed by atoms with E-state index in [-0.39, 0.29) is 0 Å². The highest BCUT2D eigenvalue weighted by Crippen LogP contribution is 2.39. The molecule has 4 heterocycles. The van der Waals surface area contributed by atoms with Crippen LogP contribution < -0.4 is 14.9 Å². The lowest BCUT2D eigenvalue weighted by Gasteiger charge is -2.24. The molecule has 1 saturated carbocycles. The molecule has 1 aliphatic carbocycles. The van der Waals surface area contributed by atoms with Gasteiger partial charge in [0.05, 0.1) is 12.4 Å². The van der Waals surface area contributed by atoms with Crippen LogP contribution in [0.15, 0.2) is 86.4 Å². The van der Waals surface area contributed by atoms with E-state index in [2.05, 4.69) is 35.6 Å². The molecular formula is C22H21N7O2S3+. The first kappa shape index (κ1) is 21.5. The summed E-state index contributed by atoms with van der Waals surface area (Å²) in [5.41, 5.74) is 1.70. The predicted octanol–water partition coefficient (Wildman–Crippen LogP) is 4.41. The molecule has 0 saturated heterocycles. The summed E-state index contributed by atoms with van der Waals surface area (Å²) in [4.78, 5) is 7.48. The van der Waals surface area contributed by atoms with Gasteiger partial charge < -0.3 is 0 Å². The number of hydrogen-bond acceptors (Lipinski definition) is 9. The maximum absolute atomic E-state index is 12.4. The van der Waals surface area contributed by atoms with Crippen LogP contribution >= 0.6 is 23.3 Å². The number of thiophene rings is 1. The molecule has 0 spiro atoms. The average Bonchev–Trinajstić information content (AvgIpc) is 3.23. The Kier molecular flexibility index (Phi) is 5.44. The fourth-order valence-corrected chi connectivity index (χ4v) is 6.59. The maximum Gasteiger partial charge on any atom is 0.285 e. The second-order valence-corrected chi connectivity index (χ2v) is 12.0. The zero-order chi connectivity index (χ0) is 23.1. The average molecular weight is 512 g/mol. The van der Waals surface area contributed by atoms with Gasteiger partial charge in [0.15, 0.2) is 12.0 Å². The van der Waals surface area contributed by atoms with Crippen LogP contribution in [0.2, 0.25) is 0 Å². The normalized spacial score (nSPS) is 17.9. The molecular weight excluding hydrogens is 490 g/mol. The lowest BCUT2D eigenvalue weighted by Crippen LogP contribution is -2.42. The van der Waals surface area contributed by atoms with E-state index >= 15 is 0 Å². The van der Waals surface area contributed by atoms with Crippen LogP contribution in [0.5, 0.6) is 0 Å². The number of sulfonamides is 1. The van der Waals surface area contributed by atoms with Gasteiger partial charge in [-0.2, -0.15) is 10.1 Å². The standard InChI is InChI=1S/C22H21N7O2S3/c30-34(31,22-2-1-11-32-22)27-16-5-7-17(8-6-16)33-28-13-20-23-9-10-29(20)21(14-28)24-19-12-18(25-26-19)15-3-4-15/h1-2,5-12,14-15,27H,3-4,13H2,(H2,24,25,26)/q+1. The van der Waals surface area contributed by atoms with Gasteiger partial charge in [-0.3, -0.25) is 19.4 Å². The quantitative estimate of drug-likeness (QED) is 0.305. The molecule has 0 atom stereocenters. The first-order valence-corrected chi connectivity index (χ1v) is 13.8. The number of fused-ring (bicyclic) bond motifs is 1. The van der Waals surface area contributed by atoms with E-state index in [1.165, 1.54) is 29.9 Å². The highest BCUT2D eigenvalue weighted by atomic mass is 32.2. The van der Waals surface area contributed by atoms with Crippen molar-refractivity contribution in [1.29, 1.82) is 0 Å². The minimum absolute atomic E-state index is 0.293. The fraction of sp³-hybridized carbons (Fsp3) is 0.182. The second kappa shape index (κ2) is 8.62. The number of benzene rings is 1. The number of nitrogens with zero attached hydrogens (tertiary/aromatic N) is 4. The number of amidine groups is 1. The van der Waals surface area contributed by atoms with Crippen LogP contribution in [-0.2, 0) is 10.0 Å². The number of aromatic amines is 1. The summed E-state index contributed by atoms with van der Waals surface area (Å²) in [5, 5.41) is 12.7. The van der Waals surface area contributed by atoms with E-state index in [9.17, 15) is 8.42 Å². The zero-order valence-electron chi connectivity index (χ0n) is 17.9. The van der Waals surface area contributed by atoms with Gasteiger partial charge in [-0.05, 0) is 65.4 Å². The van der Waals surface area contributed by atoms with E-state index < -0.39 is 10.0 Å². The summed E-state index contributed by atoms with van der Waals surface area (Å²) < 4.78 is 29.9. The van der Waals surface area contributed by atoms with Gasteiger partial charge in [-0.15, -0.1) is 11.3 Å². The molecule has 1 fully saturated rings. The van der Waals surface area contributed by atoms with Crippen LogP contribution in [0, 0.1) is 0 Å². The summed E-state index contributed by atoms with van der Waals surface area (Å²) in [6.07, 6.45) is 8.18. The Morgan fingerprint density at radius 3 is 2.82 bits per heavy atom. The number of nitrogens with one attached hydrogen (secondary N) is 3. The van der Waals surface area contributed by atoms with Crippen LogP contribution in [0.4, 0.5) is 11.5 Å². The third kappa shape index (κ3) is 4.49. The van der Waals surface area contributed by atoms with E-state index in [1.807, 2.05) is 29.4 Å². The van der Waals surface area contributed by atoms with E-state index in [0.29, 0.717) is 22.4 Å². The van der Waals surface area contributed by atoms with Crippen molar-refractivity contribution in [3.63, 3.8) is 0 Å². The third-order valence-electron chi connectivity index (χ3n) is 5.50. The molecule has 9 nitrogen and oxygen atoms in total. The molecule has 1 radical (unpaired) electrons. The van der Waals surface area contributed by atoms with Gasteiger partial charge in [0.1, 0.15) is 10.8 Å². The number of aliphatic imine (C=N–C) groups is 1. The summed E-state index contributed by atoms with van der Waals surface area (Å²) >= 11 is 2.74. The van der Waals surface area contributed by atoms with Gasteiger partial charge in [0.25, 0.3) is 21.7 Å². The maximum atomic E-state index is 12.4. The first-order valence-electron chi connectivity index (χ1n) is 10.7. The first-order chi connectivity index (χ1) is 16.5. The topological polar surface area (TPSA) is 108 Å². The van der Waals surface area contributed by atoms with E-state index in [4.69, 9.17) is 0 Å². The molecule has 12 heteroatoms. The van der Waals surface area contributed by atoms with Crippen molar-refractivity contribution in [3.05, 3.63) is 78.0 Å². The predicted molar refractivity (Wildman–Crippen MR) is 135 cm³/mol. The van der Waals surface area contributed by atoms with Crippen molar-refractivity contribution >= 4 is 50.6 Å². The molecule has 6 rings (SSSR count). The lowest BCUT2D eigenvalue weighted by molar-refractivity contribution is 0.603. The molecule has 3 N–H and O–H groups in total. The van der Waals surface area contributed by atoms with Crippen molar-refractivity contribution in [2.75, 3.05) is 16.6 Å². The number of aromatic nitrogens is 2. The summed E-state index contributed by atoms with van der Waals surface area (Å²) in [6, 6.07) is 12.7. The minimum Gasteiger partial charge on any atom is -0.300 e. The summed E-state index contributed by atoms with van der Waals surface area (Å²) in [7, 11) is -3.56. The Hall–Kier alpha value is -3.06. The summed E-state index contributed by atoms with van der Waals surface area (Å²) in [5.74, 6) is 3.16. The Labute approximate surface area is 205 Å². The fourth-order valence-electron chi connectivity index (χ4n) is 3.68. The monoisotopic (exact) mass is 511 g/mol. The molecule has 2 aromatic heterocycles. The molecule has 34 heavy (non-hydrogen) atoms. The summed E-state index contributed by atoms with van der Waals surface area (Å²) in [6.45, 7) is 0.628. The van der Waals surface area contributed by atoms with Gasteiger partial charge in [0, 0.05) is 28.3 Å². The molecule has 1 aromatic carbocycles. The van der Waals surface area contributed by atoms with Crippen molar-refractivity contribution < 1.29 is 8.42 Å². The lowest BCUT2D eigenvalue weighted by atomic mass is 10.3. The number of H-pyrrole nitrogens is 1. The van der Waals surface area contributed by atoms with Crippen LogP contribution in [-0.4, -0.2) is 35.3 Å². The molecule has 0 amide bonds. The van der Waals surface area contributed by atoms with Crippen molar-refractivity contribution in [1.82, 2.24) is 19.4 Å². The SMILES string of the molecule is O=S(=O)(Nc1ccc(SN2C=C(Nc3cc(C4CC4)[nH]n3)[N+]3C=CN=C3C2)cc1)c1cccs1. The largest absolute Gasteiger partial charge is 0.300 e. The van der Waals surface area contributed by atoms with Crippen molar-refractivity contribution in [2.24, 2.45) is 4.99 Å². The van der Waals surface area contributed by atoms with Crippen LogP contribution in [0.3, 0.4) is 0 Å². The molecule has 173 valence electrons. The highest BCUT2D eigenvalue weighted by molar-refractivity contribution is 7.97. The molecule has 0 unspecified atom stereocenters. The number of hydrogen-bond donors (Lipinski definition) is 3. The zero-order valence-corrected chi connectivity index (χ0v) is 20.3. The Morgan fingerprint density at radius 1 is 1.21 bits per heavy atom. The highest BCUT2D eigenvalue weighted by Gasteiger charge is 2.38. The smallest absolute Gasteiger partial charge is 0.285 e. The van der Waals surface area contributed by atoms with Crippen LogP contribution in [0.25, 0.3) is 0 Å². The van der Waals surface area contributed by atoms with Gasteiger partial charge in [0.2, 0.25) is 0 Å². The molecule has 2 aliphatic heterocycles. The second-order valence-electron chi connectivity index (χ2n) is 8.06. The van der Waals surface area contributed by atoms with Gasteiger partial charge in [-0.25, -0.2) is 8.42 Å². The van der Waals surface area contributed by atoms with E-state index in [1.54, 1.807) is 47.8 Å². The Morgan fingerprint density at radius 2 is 2.06 bits per heavy atom. The van der Waals surface area contributed by atoms with Crippen molar-refractivity contribution in [3.8, 4) is 0 Å². The van der Waals surface area contributed by atoms with Gasteiger partial charge >= 0.3 is 0 Å². The molecule has 3 aromatic rings. The molecule has 0 bridgehead atoms. The Bertz CT molecular complexity index is 1390. The number of rotatable bonds is 8. The number of anilines is 2. The molecule has 3 aliphatic rings. The minimum atomic E-state index is -3.56.